The van der Waals surface area contributed by atoms with Crippen molar-refractivity contribution in [1.82, 2.24) is 14.3 Å². The van der Waals surface area contributed by atoms with Crippen molar-refractivity contribution in [2.45, 2.75) is 19.4 Å². The number of imidazole rings is 1. The topological polar surface area (TPSA) is 37.6 Å². The Morgan fingerprint density at radius 3 is 2.67 bits per heavy atom. The molecule has 4 nitrogen and oxygen atoms in total. The van der Waals surface area contributed by atoms with Gasteiger partial charge < -0.3 is 4.90 Å². The summed E-state index contributed by atoms with van der Waals surface area (Å²) in [6, 6.07) is 18.6. The van der Waals surface area contributed by atoms with Crippen LogP contribution in [0.25, 0.3) is 16.2 Å². The van der Waals surface area contributed by atoms with E-state index in [1.807, 2.05) is 40.7 Å². The number of nitrogens with zero attached hydrogens (tertiary/aromatic N) is 3. The van der Waals surface area contributed by atoms with Crippen molar-refractivity contribution < 1.29 is 4.79 Å². The first kappa shape index (κ1) is 16.3. The second kappa shape index (κ2) is 6.67. The maximum Gasteiger partial charge on any atom is 0.228 e. The van der Waals surface area contributed by atoms with Crippen LogP contribution in [0.1, 0.15) is 16.8 Å². The van der Waals surface area contributed by atoms with Crippen LogP contribution >= 0.6 is 11.3 Å². The summed E-state index contributed by atoms with van der Waals surface area (Å²) < 4.78 is 2.06. The zero-order valence-electron chi connectivity index (χ0n) is 14.8. The molecule has 27 heavy (non-hydrogen) atoms. The lowest BCUT2D eigenvalue weighted by molar-refractivity contribution is -0.131. The molecule has 5 rings (SSSR count). The van der Waals surface area contributed by atoms with Crippen molar-refractivity contribution >= 4 is 22.2 Å². The minimum atomic E-state index is 0.180. The molecule has 134 valence electrons. The Balaban J connectivity index is 1.37. The molecule has 0 spiro atoms. The standard InChI is InChI=1S/C22H19N3OS/c26-21(24-11-10-16-6-4-5-9-18(16)13-24)12-19-15-27-22-23-20(14-25(19)22)17-7-2-1-3-8-17/h1-9,14-15H,10-13H2. The molecule has 0 atom stereocenters. The van der Waals surface area contributed by atoms with Crippen LogP contribution in [0.15, 0.2) is 66.2 Å². The van der Waals surface area contributed by atoms with Gasteiger partial charge in [-0.2, -0.15) is 0 Å². The van der Waals surface area contributed by atoms with Gasteiger partial charge in [0.05, 0.1) is 12.1 Å². The maximum absolute atomic E-state index is 12.9. The van der Waals surface area contributed by atoms with E-state index in [2.05, 4.69) is 34.7 Å². The number of rotatable bonds is 3. The van der Waals surface area contributed by atoms with E-state index < -0.39 is 0 Å². The molecule has 0 saturated heterocycles. The number of hydrogen-bond donors (Lipinski definition) is 0. The van der Waals surface area contributed by atoms with Crippen LogP contribution in [0.3, 0.4) is 0 Å². The third-order valence-electron chi connectivity index (χ3n) is 5.17. The molecule has 5 heteroatoms. The summed E-state index contributed by atoms with van der Waals surface area (Å²) in [5.41, 5.74) is 5.68. The molecule has 0 unspecified atom stereocenters. The summed E-state index contributed by atoms with van der Waals surface area (Å²) in [7, 11) is 0. The minimum absolute atomic E-state index is 0.180. The smallest absolute Gasteiger partial charge is 0.228 e. The molecule has 1 aliphatic heterocycles. The third-order valence-corrected chi connectivity index (χ3v) is 6.06. The lowest BCUT2D eigenvalue weighted by atomic mass is 10.00. The molecular formula is C22H19N3OS. The molecule has 0 N–H and O–H groups in total. The molecule has 1 aliphatic rings. The van der Waals surface area contributed by atoms with E-state index in [9.17, 15) is 4.79 Å². The van der Waals surface area contributed by atoms with Gasteiger partial charge in [0.25, 0.3) is 0 Å². The Hall–Kier alpha value is -2.92. The molecule has 3 heterocycles. The highest BCUT2D eigenvalue weighted by Crippen LogP contribution is 2.25. The van der Waals surface area contributed by atoms with E-state index in [0.29, 0.717) is 13.0 Å². The second-order valence-corrected chi connectivity index (χ2v) is 7.72. The highest BCUT2D eigenvalue weighted by atomic mass is 32.1. The number of amides is 1. The van der Waals surface area contributed by atoms with Crippen LogP contribution in [0.4, 0.5) is 0 Å². The third kappa shape index (κ3) is 3.04. The number of carbonyl (C=O) groups excluding carboxylic acids is 1. The van der Waals surface area contributed by atoms with Crippen molar-refractivity contribution in [2.75, 3.05) is 6.54 Å². The molecule has 2 aromatic carbocycles. The van der Waals surface area contributed by atoms with E-state index in [1.165, 1.54) is 11.1 Å². The quantitative estimate of drug-likeness (QED) is 0.540. The largest absolute Gasteiger partial charge is 0.338 e. The number of thiazole rings is 1. The zero-order valence-corrected chi connectivity index (χ0v) is 15.7. The van der Waals surface area contributed by atoms with Gasteiger partial charge in [0, 0.05) is 35.9 Å². The van der Waals surface area contributed by atoms with Gasteiger partial charge in [-0.05, 0) is 17.5 Å². The van der Waals surface area contributed by atoms with E-state index in [1.54, 1.807) is 11.3 Å². The molecule has 0 bridgehead atoms. The first-order valence-electron chi connectivity index (χ1n) is 9.13. The van der Waals surface area contributed by atoms with Gasteiger partial charge >= 0.3 is 0 Å². The molecule has 0 saturated carbocycles. The number of aromatic nitrogens is 2. The number of carbonyl (C=O) groups is 1. The number of hydrogen-bond acceptors (Lipinski definition) is 3. The summed E-state index contributed by atoms with van der Waals surface area (Å²) in [6.07, 6.45) is 3.38. The van der Waals surface area contributed by atoms with Crippen molar-refractivity contribution in [3.8, 4) is 11.3 Å². The van der Waals surface area contributed by atoms with E-state index in [0.717, 1.165) is 34.9 Å². The predicted molar refractivity (Wildman–Crippen MR) is 108 cm³/mol. The number of benzene rings is 2. The van der Waals surface area contributed by atoms with Crippen LogP contribution in [0.5, 0.6) is 0 Å². The monoisotopic (exact) mass is 373 g/mol. The maximum atomic E-state index is 12.9. The Kier molecular flexibility index (Phi) is 4.02. The van der Waals surface area contributed by atoms with Gasteiger partial charge in [-0.3, -0.25) is 9.20 Å². The normalized spacial score (nSPS) is 13.7. The Labute approximate surface area is 161 Å². The van der Waals surface area contributed by atoms with Gasteiger partial charge in [0.2, 0.25) is 5.91 Å². The first-order chi connectivity index (χ1) is 13.3. The van der Waals surface area contributed by atoms with Gasteiger partial charge in [0.15, 0.2) is 4.96 Å². The zero-order chi connectivity index (χ0) is 18.2. The van der Waals surface area contributed by atoms with Crippen LogP contribution in [0, 0.1) is 0 Å². The minimum Gasteiger partial charge on any atom is -0.338 e. The average molecular weight is 373 g/mol. The van der Waals surface area contributed by atoms with E-state index in [-0.39, 0.29) is 5.91 Å². The first-order valence-corrected chi connectivity index (χ1v) is 10.0. The predicted octanol–water partition coefficient (Wildman–Crippen LogP) is 4.19. The molecule has 1 amide bonds. The molecule has 4 aromatic rings. The van der Waals surface area contributed by atoms with Crippen LogP contribution in [-0.2, 0) is 24.2 Å². The summed E-state index contributed by atoms with van der Waals surface area (Å²) in [4.78, 5) is 20.5. The van der Waals surface area contributed by atoms with Gasteiger partial charge in [-0.1, -0.05) is 54.6 Å². The summed E-state index contributed by atoms with van der Waals surface area (Å²) in [6.45, 7) is 1.50. The van der Waals surface area contributed by atoms with Crippen LogP contribution < -0.4 is 0 Å². The van der Waals surface area contributed by atoms with Crippen molar-refractivity contribution in [2.24, 2.45) is 0 Å². The average Bonchev–Trinajstić information content (AvgIpc) is 3.30. The van der Waals surface area contributed by atoms with Crippen LogP contribution in [0.2, 0.25) is 0 Å². The molecule has 2 aromatic heterocycles. The fourth-order valence-electron chi connectivity index (χ4n) is 3.68. The Morgan fingerprint density at radius 1 is 1.04 bits per heavy atom. The van der Waals surface area contributed by atoms with Crippen molar-refractivity contribution in [3.05, 3.63) is 83.0 Å². The molecule has 0 aliphatic carbocycles. The van der Waals surface area contributed by atoms with Crippen molar-refractivity contribution in [3.63, 3.8) is 0 Å². The highest BCUT2D eigenvalue weighted by Gasteiger charge is 2.22. The lowest BCUT2D eigenvalue weighted by Gasteiger charge is -2.28. The highest BCUT2D eigenvalue weighted by molar-refractivity contribution is 7.15. The summed E-state index contributed by atoms with van der Waals surface area (Å²) >= 11 is 1.59. The Morgan fingerprint density at radius 2 is 1.81 bits per heavy atom. The lowest BCUT2D eigenvalue weighted by Crippen LogP contribution is -2.37. The molecule has 0 fully saturated rings. The summed E-state index contributed by atoms with van der Waals surface area (Å²) in [5.74, 6) is 0.180. The summed E-state index contributed by atoms with van der Waals surface area (Å²) in [5, 5.41) is 2.05. The Bertz CT molecular complexity index is 1110. The fourth-order valence-corrected chi connectivity index (χ4v) is 4.55. The van der Waals surface area contributed by atoms with Gasteiger partial charge in [-0.15, -0.1) is 11.3 Å². The molecular weight excluding hydrogens is 354 g/mol. The number of fused-ring (bicyclic) bond motifs is 2. The second-order valence-electron chi connectivity index (χ2n) is 6.88. The fraction of sp³-hybridized carbons (Fsp3) is 0.182. The van der Waals surface area contributed by atoms with Crippen LogP contribution in [-0.4, -0.2) is 26.7 Å². The van der Waals surface area contributed by atoms with Gasteiger partial charge in [0.1, 0.15) is 0 Å². The van der Waals surface area contributed by atoms with Crippen molar-refractivity contribution in [1.29, 1.82) is 0 Å². The molecule has 0 radical (unpaired) electrons. The van der Waals surface area contributed by atoms with E-state index in [4.69, 9.17) is 4.98 Å². The SMILES string of the molecule is O=C(Cc1csc2nc(-c3ccccc3)cn12)N1CCc2ccccc2C1. The van der Waals surface area contributed by atoms with Gasteiger partial charge in [-0.25, -0.2) is 4.98 Å². The van der Waals surface area contributed by atoms with E-state index >= 15 is 0 Å².